The Balaban J connectivity index is 1.95. The third kappa shape index (κ3) is 8.45. The number of carboxylic acid groups (broad SMARTS) is 1. The number of alkyl carbamates (subject to hydrolysis) is 1. The number of benzene rings is 2. The first-order chi connectivity index (χ1) is 14.5. The Hall–Kier alpha value is -2.80. The summed E-state index contributed by atoms with van der Waals surface area (Å²) in [5, 5.41) is 11.9. The van der Waals surface area contributed by atoms with Gasteiger partial charge in [0.2, 0.25) is 0 Å². The molecule has 0 aliphatic heterocycles. The molecular formula is C24H29NO5S. The van der Waals surface area contributed by atoms with Crippen LogP contribution < -0.4 is 5.32 Å². The van der Waals surface area contributed by atoms with Gasteiger partial charge >= 0.3 is 12.1 Å². The number of rotatable bonds is 8. The van der Waals surface area contributed by atoms with Gasteiger partial charge in [-0.2, -0.15) is 0 Å². The molecule has 2 unspecified atom stereocenters. The van der Waals surface area contributed by atoms with Crippen molar-refractivity contribution in [2.75, 3.05) is 0 Å². The van der Waals surface area contributed by atoms with Crippen molar-refractivity contribution in [1.29, 1.82) is 0 Å². The molecule has 166 valence electrons. The fraction of sp³-hybridized carbons (Fsp3) is 0.375. The Kier molecular flexibility index (Phi) is 8.68. The SMILES string of the molecule is CC(C(=O)SCc1ccccc1)c1ccc(CC(NC(=O)OC(C)(C)C)C(=O)O)cc1. The molecule has 0 spiro atoms. The highest BCUT2D eigenvalue weighted by Gasteiger charge is 2.24. The minimum atomic E-state index is -1.14. The first-order valence-corrected chi connectivity index (χ1v) is 11.1. The molecule has 0 saturated carbocycles. The van der Waals surface area contributed by atoms with Crippen LogP contribution in [0.2, 0.25) is 0 Å². The molecule has 0 aliphatic rings. The number of carboxylic acids is 1. The molecule has 2 N–H and O–H groups in total. The summed E-state index contributed by atoms with van der Waals surface area (Å²) in [5.74, 6) is -0.799. The molecule has 7 heteroatoms. The van der Waals surface area contributed by atoms with Gasteiger partial charge in [0.1, 0.15) is 11.6 Å². The predicted octanol–water partition coefficient (Wildman–Crippen LogP) is 4.77. The fourth-order valence-corrected chi connectivity index (χ4v) is 3.71. The van der Waals surface area contributed by atoms with E-state index in [2.05, 4.69) is 5.32 Å². The van der Waals surface area contributed by atoms with Crippen LogP contribution in [0.3, 0.4) is 0 Å². The van der Waals surface area contributed by atoms with Gasteiger partial charge in [-0.1, -0.05) is 73.3 Å². The standard InChI is InChI=1S/C24H29NO5S/c1-16(22(28)31-15-18-8-6-5-7-9-18)19-12-10-17(11-13-19)14-20(21(26)27)25-23(29)30-24(2,3)4/h5-13,16,20H,14-15H2,1-4H3,(H,25,29)(H,26,27). The topological polar surface area (TPSA) is 92.7 Å². The normalized spacial score (nSPS) is 13.2. The highest BCUT2D eigenvalue weighted by atomic mass is 32.2. The molecule has 2 rings (SSSR count). The summed E-state index contributed by atoms with van der Waals surface area (Å²) in [7, 11) is 0. The molecule has 1 amide bonds. The molecule has 31 heavy (non-hydrogen) atoms. The van der Waals surface area contributed by atoms with Gasteiger partial charge in [0.05, 0.1) is 5.92 Å². The van der Waals surface area contributed by atoms with Crippen molar-refractivity contribution >= 4 is 28.9 Å². The zero-order chi connectivity index (χ0) is 23.0. The summed E-state index contributed by atoms with van der Waals surface area (Å²) in [6.45, 7) is 6.99. The average Bonchev–Trinajstić information content (AvgIpc) is 2.71. The first-order valence-electron chi connectivity index (χ1n) is 10.1. The van der Waals surface area contributed by atoms with Crippen molar-refractivity contribution in [3.8, 4) is 0 Å². The molecule has 0 radical (unpaired) electrons. The van der Waals surface area contributed by atoms with Gasteiger partial charge in [-0.3, -0.25) is 4.79 Å². The minimum Gasteiger partial charge on any atom is -0.480 e. The minimum absolute atomic E-state index is 0.0756. The lowest BCUT2D eigenvalue weighted by Gasteiger charge is -2.22. The zero-order valence-electron chi connectivity index (χ0n) is 18.3. The van der Waals surface area contributed by atoms with E-state index in [1.165, 1.54) is 11.8 Å². The van der Waals surface area contributed by atoms with Crippen LogP contribution in [0.25, 0.3) is 0 Å². The van der Waals surface area contributed by atoms with E-state index in [0.717, 1.165) is 16.7 Å². The molecule has 0 aromatic heterocycles. The van der Waals surface area contributed by atoms with Crippen molar-refractivity contribution in [2.24, 2.45) is 0 Å². The van der Waals surface area contributed by atoms with E-state index in [-0.39, 0.29) is 17.5 Å². The maximum absolute atomic E-state index is 12.5. The quantitative estimate of drug-likeness (QED) is 0.610. The van der Waals surface area contributed by atoms with E-state index < -0.39 is 23.7 Å². The van der Waals surface area contributed by atoms with E-state index in [4.69, 9.17) is 4.74 Å². The lowest BCUT2D eigenvalue weighted by atomic mass is 9.98. The van der Waals surface area contributed by atoms with Crippen LogP contribution in [0.15, 0.2) is 54.6 Å². The number of carbonyl (C=O) groups excluding carboxylic acids is 2. The molecule has 2 aromatic carbocycles. The Morgan fingerprint density at radius 3 is 2.16 bits per heavy atom. The van der Waals surface area contributed by atoms with Crippen LogP contribution in [0.1, 0.15) is 50.3 Å². The number of aliphatic carboxylic acids is 1. The average molecular weight is 444 g/mol. The fourth-order valence-electron chi connectivity index (χ4n) is 2.82. The Morgan fingerprint density at radius 2 is 1.61 bits per heavy atom. The molecular weight excluding hydrogens is 414 g/mol. The number of thioether (sulfide) groups is 1. The molecule has 0 aliphatic carbocycles. The second-order valence-corrected chi connectivity index (χ2v) is 9.28. The molecule has 2 atom stereocenters. The summed E-state index contributed by atoms with van der Waals surface area (Å²) in [4.78, 5) is 36.0. The van der Waals surface area contributed by atoms with Gasteiger partial charge in [-0.15, -0.1) is 0 Å². The molecule has 2 aromatic rings. The van der Waals surface area contributed by atoms with Crippen molar-refractivity contribution in [2.45, 2.75) is 57.4 Å². The van der Waals surface area contributed by atoms with E-state index in [1.807, 2.05) is 49.4 Å². The predicted molar refractivity (Wildman–Crippen MR) is 122 cm³/mol. The lowest BCUT2D eigenvalue weighted by molar-refractivity contribution is -0.139. The van der Waals surface area contributed by atoms with Crippen molar-refractivity contribution in [3.05, 3.63) is 71.3 Å². The van der Waals surface area contributed by atoms with E-state index in [0.29, 0.717) is 5.75 Å². The summed E-state index contributed by atoms with van der Waals surface area (Å²) in [5.41, 5.74) is 1.99. The van der Waals surface area contributed by atoms with Gasteiger partial charge in [0.15, 0.2) is 5.12 Å². The van der Waals surface area contributed by atoms with E-state index in [9.17, 15) is 19.5 Å². The first kappa shape index (κ1) is 24.5. The number of hydrogen-bond acceptors (Lipinski definition) is 5. The van der Waals surface area contributed by atoms with E-state index in [1.54, 1.807) is 32.9 Å². The van der Waals surface area contributed by atoms with Crippen LogP contribution >= 0.6 is 11.8 Å². The highest BCUT2D eigenvalue weighted by Crippen LogP contribution is 2.25. The Bertz CT molecular complexity index is 890. The van der Waals surface area contributed by atoms with Crippen LogP contribution in [0.4, 0.5) is 4.79 Å². The van der Waals surface area contributed by atoms with Gasteiger partial charge in [0, 0.05) is 12.2 Å². The maximum Gasteiger partial charge on any atom is 0.408 e. The van der Waals surface area contributed by atoms with E-state index >= 15 is 0 Å². The zero-order valence-corrected chi connectivity index (χ0v) is 19.1. The van der Waals surface area contributed by atoms with Gasteiger partial charge < -0.3 is 15.2 Å². The summed E-state index contributed by atoms with van der Waals surface area (Å²) in [6.07, 6.45) is -0.661. The number of nitrogens with one attached hydrogen (secondary N) is 1. The molecule has 0 fully saturated rings. The highest BCUT2D eigenvalue weighted by molar-refractivity contribution is 8.13. The van der Waals surface area contributed by atoms with Crippen molar-refractivity contribution in [3.63, 3.8) is 0 Å². The molecule has 0 heterocycles. The monoisotopic (exact) mass is 443 g/mol. The molecule has 0 saturated heterocycles. The third-order valence-corrected chi connectivity index (χ3v) is 5.60. The number of ether oxygens (including phenoxy) is 1. The number of carbonyl (C=O) groups is 3. The Labute approximate surface area is 187 Å². The van der Waals surface area contributed by atoms with Crippen LogP contribution in [-0.2, 0) is 26.5 Å². The largest absolute Gasteiger partial charge is 0.480 e. The smallest absolute Gasteiger partial charge is 0.408 e. The maximum atomic E-state index is 12.5. The molecule has 0 bridgehead atoms. The lowest BCUT2D eigenvalue weighted by Crippen LogP contribution is -2.44. The summed E-state index contributed by atoms with van der Waals surface area (Å²) in [6, 6.07) is 15.9. The van der Waals surface area contributed by atoms with Gasteiger partial charge in [-0.25, -0.2) is 9.59 Å². The van der Waals surface area contributed by atoms with Crippen LogP contribution in [0, 0.1) is 0 Å². The summed E-state index contributed by atoms with van der Waals surface area (Å²) >= 11 is 1.28. The van der Waals surface area contributed by atoms with Gasteiger partial charge in [0.25, 0.3) is 0 Å². The van der Waals surface area contributed by atoms with Crippen molar-refractivity contribution in [1.82, 2.24) is 5.32 Å². The second kappa shape index (κ2) is 11.0. The summed E-state index contributed by atoms with van der Waals surface area (Å²) < 4.78 is 5.13. The Morgan fingerprint density at radius 1 is 1.00 bits per heavy atom. The third-order valence-electron chi connectivity index (χ3n) is 4.49. The van der Waals surface area contributed by atoms with Crippen LogP contribution in [-0.4, -0.2) is 33.9 Å². The molecule has 6 nitrogen and oxygen atoms in total. The second-order valence-electron chi connectivity index (χ2n) is 8.30. The van der Waals surface area contributed by atoms with Crippen LogP contribution in [0.5, 0.6) is 0 Å². The number of amides is 1. The number of hydrogen-bond donors (Lipinski definition) is 2. The van der Waals surface area contributed by atoms with Crippen molar-refractivity contribution < 1.29 is 24.2 Å². The van der Waals surface area contributed by atoms with Gasteiger partial charge in [-0.05, 0) is 37.5 Å².